The maximum Gasteiger partial charge on any atom is 0.189 e. The lowest BCUT2D eigenvalue weighted by molar-refractivity contribution is -0.867. The molecular formula is C21H45IN2O5S2. The number of aliphatic hydroxyl groups is 1. The molecule has 0 aromatic carbocycles. The highest BCUT2D eigenvalue weighted by molar-refractivity contribution is 8.13. The average Bonchev–Trinajstić information content (AvgIpc) is 2.54. The van der Waals surface area contributed by atoms with Crippen molar-refractivity contribution in [3.05, 3.63) is 0 Å². The van der Waals surface area contributed by atoms with Gasteiger partial charge in [0.25, 0.3) is 0 Å². The zero-order valence-corrected chi connectivity index (χ0v) is 24.7. The highest BCUT2D eigenvalue weighted by Crippen LogP contribution is 2.09. The fourth-order valence-electron chi connectivity index (χ4n) is 1.42. The molecule has 1 atom stereocenters. The molecule has 0 heterocycles. The Morgan fingerprint density at radius 1 is 0.806 bits per heavy atom. The van der Waals surface area contributed by atoms with Crippen LogP contribution in [-0.2, 0) is 14.4 Å². The predicted octanol–water partition coefficient (Wildman–Crippen LogP) is -1.37. The van der Waals surface area contributed by atoms with E-state index in [0.717, 1.165) is 66.2 Å². The second-order valence-corrected chi connectivity index (χ2v) is 11.3. The van der Waals surface area contributed by atoms with Crippen LogP contribution < -0.4 is 29.1 Å². The first-order chi connectivity index (χ1) is 13.6. The highest BCUT2D eigenvalue weighted by Gasteiger charge is 2.09. The summed E-state index contributed by atoms with van der Waals surface area (Å²) in [4.78, 5) is 31.5. The molecule has 0 aliphatic heterocycles. The number of rotatable bonds is 11. The van der Waals surface area contributed by atoms with Crippen LogP contribution in [0.1, 0.15) is 46.5 Å². The Hall–Kier alpha value is 0.120. The molecule has 188 valence electrons. The third-order valence-electron chi connectivity index (χ3n) is 3.30. The van der Waals surface area contributed by atoms with Gasteiger partial charge >= 0.3 is 0 Å². The number of thioether (sulfide) groups is 2. The van der Waals surface area contributed by atoms with Gasteiger partial charge in [-0.15, -0.1) is 0 Å². The second kappa shape index (κ2) is 21.9. The summed E-state index contributed by atoms with van der Waals surface area (Å²) in [6, 6.07) is 0. The summed E-state index contributed by atoms with van der Waals surface area (Å²) >= 11 is 2.95. The first-order valence-electron chi connectivity index (χ1n) is 10.4. The molecule has 10 heteroatoms. The van der Waals surface area contributed by atoms with E-state index in [1.54, 1.807) is 0 Å². The van der Waals surface area contributed by atoms with Crippen molar-refractivity contribution in [2.75, 3.05) is 66.9 Å². The highest BCUT2D eigenvalue weighted by atomic mass is 127. The summed E-state index contributed by atoms with van der Waals surface area (Å²) in [6.07, 6.45) is 2.04. The number of halogens is 1. The van der Waals surface area contributed by atoms with Gasteiger partial charge in [-0.1, -0.05) is 37.4 Å². The van der Waals surface area contributed by atoms with Gasteiger partial charge < -0.3 is 48.0 Å². The van der Waals surface area contributed by atoms with Gasteiger partial charge in [-0.2, -0.15) is 0 Å². The number of aliphatic carboxylic acids is 1. The van der Waals surface area contributed by atoms with Crippen LogP contribution in [0, 0.1) is 0 Å². The molecule has 0 rings (SSSR count). The van der Waals surface area contributed by atoms with Gasteiger partial charge in [0.1, 0.15) is 0 Å². The minimum absolute atomic E-state index is 0. The summed E-state index contributed by atoms with van der Waals surface area (Å²) in [6.45, 7) is 7.33. The molecule has 0 saturated heterocycles. The summed E-state index contributed by atoms with van der Waals surface area (Å²) in [5.74, 6) is 0.458. The number of carboxylic acids is 1. The lowest BCUT2D eigenvalue weighted by Gasteiger charge is -2.23. The predicted molar refractivity (Wildman–Crippen MR) is 127 cm³/mol. The Kier molecular flexibility index (Phi) is 27.2. The van der Waals surface area contributed by atoms with Crippen LogP contribution in [0.15, 0.2) is 0 Å². The number of carboxylic acid groups (broad SMARTS) is 1. The van der Waals surface area contributed by atoms with E-state index in [4.69, 9.17) is 5.11 Å². The van der Waals surface area contributed by atoms with Crippen molar-refractivity contribution in [2.24, 2.45) is 0 Å². The molecule has 0 saturated carbocycles. The Labute approximate surface area is 215 Å². The number of carbonyl (C=O) groups excluding carboxylic acids is 3. The van der Waals surface area contributed by atoms with Gasteiger partial charge in [0.15, 0.2) is 10.2 Å². The van der Waals surface area contributed by atoms with Crippen LogP contribution >= 0.6 is 23.5 Å². The summed E-state index contributed by atoms with van der Waals surface area (Å²) < 4.78 is 1.87. The Balaban J connectivity index is -0.000000183. The average molecular weight is 597 g/mol. The lowest BCUT2D eigenvalue weighted by Crippen LogP contribution is -3.00. The molecule has 1 unspecified atom stereocenters. The molecule has 0 aliphatic rings. The smallest absolute Gasteiger partial charge is 0.189 e. The van der Waals surface area contributed by atoms with Gasteiger partial charge in [-0.05, 0) is 19.8 Å². The minimum Gasteiger partial charge on any atom is -1.00 e. The fourth-order valence-corrected chi connectivity index (χ4v) is 3.85. The van der Waals surface area contributed by atoms with Gasteiger partial charge in [-0.25, -0.2) is 0 Å². The molecule has 0 aromatic rings. The standard InChI is InChI=1S/2C9H20NOS.C3H6O3.HI/c2*1-5-6-9(11)12-8-7-10(2,3)4;1-2(4)3(5)6;/h2*5-8H2,1-4H3;2,4H,1H3,(H,5,6);1H/q2*+1;;/p-2. The number of aliphatic hydroxyl groups excluding tert-OH is 1. The van der Waals surface area contributed by atoms with Crippen LogP contribution in [0.2, 0.25) is 0 Å². The number of carbonyl (C=O) groups is 3. The minimum atomic E-state index is -1.44. The van der Waals surface area contributed by atoms with E-state index in [1.165, 1.54) is 23.5 Å². The summed E-state index contributed by atoms with van der Waals surface area (Å²) in [5, 5.41) is 18.0. The van der Waals surface area contributed by atoms with Crippen LogP contribution in [0.5, 0.6) is 0 Å². The van der Waals surface area contributed by atoms with Crippen LogP contribution in [0.4, 0.5) is 0 Å². The van der Waals surface area contributed by atoms with Crippen LogP contribution in [0.3, 0.4) is 0 Å². The molecule has 7 nitrogen and oxygen atoms in total. The first kappa shape index (κ1) is 38.4. The normalized spacial score (nSPS) is 11.7. The number of hydrogen-bond acceptors (Lipinski definition) is 7. The van der Waals surface area contributed by atoms with Crippen molar-refractivity contribution in [3.8, 4) is 0 Å². The van der Waals surface area contributed by atoms with Crippen molar-refractivity contribution >= 4 is 39.7 Å². The van der Waals surface area contributed by atoms with E-state index < -0.39 is 12.1 Å². The maximum absolute atomic E-state index is 11.1. The molecule has 0 fully saturated rings. The second-order valence-electron chi connectivity index (χ2n) is 8.96. The Morgan fingerprint density at radius 3 is 1.23 bits per heavy atom. The van der Waals surface area contributed by atoms with Crippen molar-refractivity contribution in [1.29, 1.82) is 0 Å². The van der Waals surface area contributed by atoms with E-state index in [-0.39, 0.29) is 24.0 Å². The van der Waals surface area contributed by atoms with Crippen molar-refractivity contribution in [3.63, 3.8) is 0 Å². The first-order valence-corrected chi connectivity index (χ1v) is 12.3. The quantitative estimate of drug-likeness (QED) is 0.232. The van der Waals surface area contributed by atoms with Gasteiger partial charge in [0.2, 0.25) is 0 Å². The largest absolute Gasteiger partial charge is 1.00 e. The molecule has 1 N–H and O–H groups in total. The zero-order valence-electron chi connectivity index (χ0n) is 20.9. The van der Waals surface area contributed by atoms with Gasteiger partial charge in [0, 0.05) is 12.8 Å². The number of quaternary nitrogens is 2. The Morgan fingerprint density at radius 2 is 1.06 bits per heavy atom. The number of nitrogens with zero attached hydrogens (tertiary/aromatic N) is 2. The van der Waals surface area contributed by atoms with Gasteiger partial charge in [-0.3, -0.25) is 9.59 Å². The fraction of sp³-hybridized carbons (Fsp3) is 0.857. The van der Waals surface area contributed by atoms with E-state index in [0.29, 0.717) is 10.2 Å². The molecule has 0 amide bonds. The molecule has 31 heavy (non-hydrogen) atoms. The molecule has 0 aliphatic carbocycles. The molecular weight excluding hydrogens is 551 g/mol. The summed E-state index contributed by atoms with van der Waals surface area (Å²) in [5.41, 5.74) is 0. The topological polar surface area (TPSA) is 94.5 Å². The van der Waals surface area contributed by atoms with Gasteiger partial charge in [0.05, 0.1) is 79.0 Å². The van der Waals surface area contributed by atoms with E-state index in [2.05, 4.69) is 42.3 Å². The van der Waals surface area contributed by atoms with Crippen LogP contribution in [0.25, 0.3) is 0 Å². The van der Waals surface area contributed by atoms with Crippen molar-refractivity contribution < 1.29 is 57.5 Å². The maximum atomic E-state index is 11.1. The molecule has 0 spiro atoms. The molecule has 0 bridgehead atoms. The lowest BCUT2D eigenvalue weighted by atomic mass is 10.4. The number of hydrogen-bond donors (Lipinski definition) is 1. The zero-order chi connectivity index (χ0) is 24.4. The monoisotopic (exact) mass is 596 g/mol. The van der Waals surface area contributed by atoms with Crippen molar-refractivity contribution in [2.45, 2.75) is 52.6 Å². The van der Waals surface area contributed by atoms with E-state index in [1.807, 2.05) is 13.8 Å². The third-order valence-corrected chi connectivity index (χ3v) is 5.13. The van der Waals surface area contributed by atoms with E-state index >= 15 is 0 Å². The van der Waals surface area contributed by atoms with Crippen molar-refractivity contribution in [1.82, 2.24) is 0 Å². The molecule has 0 aromatic heterocycles. The summed E-state index contributed by atoms with van der Waals surface area (Å²) in [7, 11) is 12.9. The third kappa shape index (κ3) is 40.9. The Bertz CT molecular complexity index is 445. The van der Waals surface area contributed by atoms with Crippen LogP contribution in [-0.4, -0.2) is 103 Å². The SMILES string of the molecule is CC(O)C(=O)[O-].CCCC(=O)SCC[N+](C)(C)C.CCCC(=O)SCC[N+](C)(C)C.[I-]. The van der Waals surface area contributed by atoms with E-state index in [9.17, 15) is 19.5 Å². The molecule has 0 radical (unpaired) electrons.